The van der Waals surface area contributed by atoms with Crippen LogP contribution >= 0.6 is 0 Å². The molecule has 16 heavy (non-hydrogen) atoms. The third-order valence-electron chi connectivity index (χ3n) is 2.37. The Hall–Kier alpha value is -0.730. The van der Waals surface area contributed by atoms with Gasteiger partial charge in [0.25, 0.3) is 0 Å². The molecule has 0 fully saturated rings. The number of urea groups is 1. The van der Waals surface area contributed by atoms with Gasteiger partial charge in [0, 0.05) is 11.6 Å². The van der Waals surface area contributed by atoms with Crippen molar-refractivity contribution in [3.8, 4) is 0 Å². The fourth-order valence-corrected chi connectivity index (χ4v) is 1.65. The van der Waals surface area contributed by atoms with Crippen LogP contribution in [0.25, 0.3) is 0 Å². The molecule has 0 rings (SSSR count). The minimum Gasteiger partial charge on any atom is -0.335 e. The Labute approximate surface area is 100 Å². The van der Waals surface area contributed by atoms with Crippen LogP contribution in [0.2, 0.25) is 0 Å². The first-order valence-corrected chi connectivity index (χ1v) is 6.47. The lowest BCUT2D eigenvalue weighted by Gasteiger charge is -2.24. The molecular formula is C13H28N2O. The number of carbonyl (C=O) groups is 1. The van der Waals surface area contributed by atoms with E-state index in [1.165, 1.54) is 12.8 Å². The van der Waals surface area contributed by atoms with E-state index < -0.39 is 0 Å². The second kappa shape index (κ2) is 7.53. The van der Waals surface area contributed by atoms with Gasteiger partial charge in [0.2, 0.25) is 0 Å². The van der Waals surface area contributed by atoms with E-state index in [-0.39, 0.29) is 11.6 Å². The average Bonchev–Trinajstić information content (AvgIpc) is 2.11. The molecule has 2 N–H and O–H groups in total. The number of unbranched alkanes of at least 4 members (excludes halogenated alkanes) is 1. The maximum atomic E-state index is 11.7. The summed E-state index contributed by atoms with van der Waals surface area (Å²) in [6.07, 6.45) is 5.63. The molecule has 0 saturated carbocycles. The first-order valence-electron chi connectivity index (χ1n) is 6.47. The van der Waals surface area contributed by atoms with E-state index in [2.05, 4.69) is 24.5 Å². The van der Waals surface area contributed by atoms with Gasteiger partial charge in [0.05, 0.1) is 0 Å². The lowest BCUT2D eigenvalue weighted by Crippen LogP contribution is -2.49. The predicted molar refractivity (Wildman–Crippen MR) is 69.6 cm³/mol. The van der Waals surface area contributed by atoms with E-state index in [0.29, 0.717) is 6.04 Å². The van der Waals surface area contributed by atoms with Crippen LogP contribution in [-0.4, -0.2) is 17.6 Å². The number of carbonyl (C=O) groups excluding carboxylic acids is 1. The molecular weight excluding hydrogens is 200 g/mol. The summed E-state index contributed by atoms with van der Waals surface area (Å²) in [6.45, 7) is 10.3. The van der Waals surface area contributed by atoms with Gasteiger partial charge < -0.3 is 10.6 Å². The van der Waals surface area contributed by atoms with Gasteiger partial charge in [-0.1, -0.05) is 33.1 Å². The van der Waals surface area contributed by atoms with Crippen molar-refractivity contribution < 1.29 is 4.79 Å². The summed E-state index contributed by atoms with van der Waals surface area (Å²) in [5.41, 5.74) is -0.161. The Balaban J connectivity index is 4.02. The highest BCUT2D eigenvalue weighted by Crippen LogP contribution is 2.07. The summed E-state index contributed by atoms with van der Waals surface area (Å²) in [6, 6.07) is 0.286. The Kier molecular flexibility index (Phi) is 7.18. The number of rotatable bonds is 6. The molecule has 0 aliphatic carbocycles. The Morgan fingerprint density at radius 2 is 1.75 bits per heavy atom. The van der Waals surface area contributed by atoms with Crippen molar-refractivity contribution in [1.29, 1.82) is 0 Å². The molecule has 0 aromatic rings. The van der Waals surface area contributed by atoms with Gasteiger partial charge in [0.15, 0.2) is 0 Å². The zero-order chi connectivity index (χ0) is 12.6. The highest BCUT2D eigenvalue weighted by molar-refractivity contribution is 5.74. The molecule has 0 aliphatic rings. The van der Waals surface area contributed by atoms with Crippen molar-refractivity contribution >= 4 is 6.03 Å². The topological polar surface area (TPSA) is 41.1 Å². The zero-order valence-electron chi connectivity index (χ0n) is 11.5. The summed E-state index contributed by atoms with van der Waals surface area (Å²) >= 11 is 0. The second-order valence-electron chi connectivity index (χ2n) is 5.48. The van der Waals surface area contributed by atoms with Gasteiger partial charge in [-0.3, -0.25) is 0 Å². The van der Waals surface area contributed by atoms with Gasteiger partial charge in [-0.25, -0.2) is 4.79 Å². The lowest BCUT2D eigenvalue weighted by atomic mass is 10.1. The van der Waals surface area contributed by atoms with Crippen molar-refractivity contribution in [1.82, 2.24) is 10.6 Å². The third kappa shape index (κ3) is 8.57. The standard InChI is InChI=1S/C13H28N2O/c1-6-8-10-11(9-7-2)14-12(16)15-13(3,4)5/h11H,6-10H2,1-5H3,(H2,14,15,16). The summed E-state index contributed by atoms with van der Waals surface area (Å²) in [5.74, 6) is 0. The lowest BCUT2D eigenvalue weighted by molar-refractivity contribution is 0.226. The molecule has 96 valence electrons. The highest BCUT2D eigenvalue weighted by Gasteiger charge is 2.16. The Morgan fingerprint density at radius 1 is 1.12 bits per heavy atom. The molecule has 0 aliphatic heterocycles. The monoisotopic (exact) mass is 228 g/mol. The van der Waals surface area contributed by atoms with Crippen LogP contribution in [0.15, 0.2) is 0 Å². The molecule has 0 saturated heterocycles. The fourth-order valence-electron chi connectivity index (χ4n) is 1.65. The number of amides is 2. The molecule has 1 unspecified atom stereocenters. The highest BCUT2D eigenvalue weighted by atomic mass is 16.2. The molecule has 0 aromatic carbocycles. The predicted octanol–water partition coefficient (Wildman–Crippen LogP) is 3.44. The van der Waals surface area contributed by atoms with E-state index in [1.54, 1.807) is 0 Å². The van der Waals surface area contributed by atoms with Crippen LogP contribution in [0.4, 0.5) is 4.79 Å². The Bertz CT molecular complexity index is 197. The van der Waals surface area contributed by atoms with Crippen LogP contribution in [0.3, 0.4) is 0 Å². The smallest absolute Gasteiger partial charge is 0.315 e. The average molecular weight is 228 g/mol. The van der Waals surface area contributed by atoms with E-state index >= 15 is 0 Å². The molecule has 0 spiro atoms. The normalized spacial score (nSPS) is 13.3. The Morgan fingerprint density at radius 3 is 2.19 bits per heavy atom. The van der Waals surface area contributed by atoms with Gasteiger partial charge in [-0.05, 0) is 33.6 Å². The second-order valence-corrected chi connectivity index (χ2v) is 5.48. The maximum absolute atomic E-state index is 11.7. The van der Waals surface area contributed by atoms with E-state index in [0.717, 1.165) is 19.3 Å². The third-order valence-corrected chi connectivity index (χ3v) is 2.37. The number of hydrogen-bond donors (Lipinski definition) is 2. The molecule has 0 bridgehead atoms. The van der Waals surface area contributed by atoms with Crippen LogP contribution < -0.4 is 10.6 Å². The SMILES string of the molecule is CCCCC(CCC)NC(=O)NC(C)(C)C. The van der Waals surface area contributed by atoms with Crippen LogP contribution in [0.1, 0.15) is 66.7 Å². The van der Waals surface area contributed by atoms with Crippen molar-refractivity contribution in [2.75, 3.05) is 0 Å². The number of hydrogen-bond acceptors (Lipinski definition) is 1. The van der Waals surface area contributed by atoms with E-state index in [4.69, 9.17) is 0 Å². The molecule has 0 heterocycles. The summed E-state index contributed by atoms with van der Waals surface area (Å²) in [5, 5.41) is 5.99. The van der Waals surface area contributed by atoms with Crippen molar-refractivity contribution in [3.63, 3.8) is 0 Å². The van der Waals surface area contributed by atoms with E-state index in [1.807, 2.05) is 20.8 Å². The van der Waals surface area contributed by atoms with Gasteiger partial charge in [-0.15, -0.1) is 0 Å². The summed E-state index contributed by atoms with van der Waals surface area (Å²) in [7, 11) is 0. The van der Waals surface area contributed by atoms with Crippen molar-refractivity contribution in [2.24, 2.45) is 0 Å². The largest absolute Gasteiger partial charge is 0.335 e. The molecule has 3 nitrogen and oxygen atoms in total. The molecule has 0 aromatic heterocycles. The fraction of sp³-hybridized carbons (Fsp3) is 0.923. The van der Waals surface area contributed by atoms with Crippen LogP contribution in [0.5, 0.6) is 0 Å². The maximum Gasteiger partial charge on any atom is 0.315 e. The van der Waals surface area contributed by atoms with Crippen molar-refractivity contribution in [3.05, 3.63) is 0 Å². The summed E-state index contributed by atoms with van der Waals surface area (Å²) in [4.78, 5) is 11.7. The van der Waals surface area contributed by atoms with Crippen molar-refractivity contribution in [2.45, 2.75) is 78.3 Å². The minimum atomic E-state index is -0.161. The van der Waals surface area contributed by atoms with E-state index in [9.17, 15) is 4.79 Å². The van der Waals surface area contributed by atoms with Crippen LogP contribution in [0, 0.1) is 0 Å². The zero-order valence-corrected chi connectivity index (χ0v) is 11.5. The van der Waals surface area contributed by atoms with Gasteiger partial charge >= 0.3 is 6.03 Å². The minimum absolute atomic E-state index is 0.0398. The summed E-state index contributed by atoms with van der Waals surface area (Å²) < 4.78 is 0. The molecule has 1 atom stereocenters. The quantitative estimate of drug-likeness (QED) is 0.718. The molecule has 2 amide bonds. The first kappa shape index (κ1) is 15.3. The first-order chi connectivity index (χ1) is 7.39. The molecule has 3 heteroatoms. The number of nitrogens with one attached hydrogen (secondary N) is 2. The van der Waals surface area contributed by atoms with Crippen LogP contribution in [-0.2, 0) is 0 Å². The van der Waals surface area contributed by atoms with Gasteiger partial charge in [0.1, 0.15) is 0 Å². The van der Waals surface area contributed by atoms with Gasteiger partial charge in [-0.2, -0.15) is 0 Å². The molecule has 0 radical (unpaired) electrons.